The first-order valence-corrected chi connectivity index (χ1v) is 7.16. The second-order valence-electron chi connectivity index (χ2n) is 5.60. The Morgan fingerprint density at radius 2 is 2.04 bits per heavy atom. The Balaban J connectivity index is 1.75. The molecule has 0 radical (unpaired) electrons. The van der Waals surface area contributed by atoms with Gasteiger partial charge in [0.15, 0.2) is 0 Å². The molecule has 1 atom stereocenters. The highest BCUT2D eigenvalue weighted by Crippen LogP contribution is 2.21. The molecule has 1 unspecified atom stereocenters. The van der Waals surface area contributed by atoms with Crippen LogP contribution < -0.4 is 5.32 Å². The summed E-state index contributed by atoms with van der Waals surface area (Å²) in [4.78, 5) is 12.4. The van der Waals surface area contributed by atoms with Crippen LogP contribution in [0.3, 0.4) is 0 Å². The molecule has 0 saturated carbocycles. The molecule has 5 nitrogen and oxygen atoms in total. The number of para-hydroxylation sites is 1. The van der Waals surface area contributed by atoms with E-state index in [0.29, 0.717) is 16.6 Å². The highest BCUT2D eigenvalue weighted by atomic mass is 19.1. The summed E-state index contributed by atoms with van der Waals surface area (Å²) in [5.41, 5.74) is 0.325. The van der Waals surface area contributed by atoms with Crippen molar-refractivity contribution in [2.24, 2.45) is 0 Å². The minimum atomic E-state index is -1.30. The van der Waals surface area contributed by atoms with Crippen LogP contribution in [-0.4, -0.2) is 27.8 Å². The molecule has 3 aromatic rings. The van der Waals surface area contributed by atoms with Gasteiger partial charge in [0, 0.05) is 5.39 Å². The summed E-state index contributed by atoms with van der Waals surface area (Å²) >= 11 is 0. The van der Waals surface area contributed by atoms with Crippen molar-refractivity contribution in [3.8, 4) is 0 Å². The fraction of sp³-hybridized carbons (Fsp3) is 0.176. The van der Waals surface area contributed by atoms with Crippen molar-refractivity contribution >= 4 is 16.8 Å². The van der Waals surface area contributed by atoms with Crippen LogP contribution in [0.4, 0.5) is 4.39 Å². The third-order valence-electron chi connectivity index (χ3n) is 3.78. The molecular weight excluding hydrogens is 297 g/mol. The molecule has 1 heterocycles. The molecule has 3 rings (SSSR count). The maximum atomic E-state index is 13.0. The summed E-state index contributed by atoms with van der Waals surface area (Å²) in [5, 5.41) is 20.7. The Kier molecular flexibility index (Phi) is 3.83. The number of carbonyl (C=O) groups excluding carboxylic acids is 1. The van der Waals surface area contributed by atoms with Crippen molar-refractivity contribution in [2.45, 2.75) is 12.5 Å². The van der Waals surface area contributed by atoms with Gasteiger partial charge in [0.1, 0.15) is 11.4 Å². The zero-order chi connectivity index (χ0) is 16.4. The summed E-state index contributed by atoms with van der Waals surface area (Å²) in [6.07, 6.45) is 1.64. The highest BCUT2D eigenvalue weighted by Gasteiger charge is 2.24. The first-order chi connectivity index (χ1) is 11.0. The molecule has 2 aromatic carbocycles. The molecule has 3 N–H and O–H groups in total. The monoisotopic (exact) mass is 313 g/mol. The lowest BCUT2D eigenvalue weighted by molar-refractivity contribution is 0.0526. The number of nitrogens with zero attached hydrogens (tertiary/aromatic N) is 1. The third-order valence-corrected chi connectivity index (χ3v) is 3.78. The molecule has 0 fully saturated rings. The van der Waals surface area contributed by atoms with Gasteiger partial charge in [-0.25, -0.2) is 4.39 Å². The number of halogens is 1. The lowest BCUT2D eigenvalue weighted by atomic mass is 9.96. The van der Waals surface area contributed by atoms with Crippen molar-refractivity contribution in [3.05, 3.63) is 65.6 Å². The third kappa shape index (κ3) is 3.07. The number of carbonyl (C=O) groups is 1. The quantitative estimate of drug-likeness (QED) is 0.692. The molecule has 0 aliphatic rings. The number of aliphatic hydroxyl groups is 1. The highest BCUT2D eigenvalue weighted by molar-refractivity contribution is 6.05. The number of rotatable bonds is 4. The summed E-state index contributed by atoms with van der Waals surface area (Å²) in [6, 6.07) is 10.8. The van der Waals surface area contributed by atoms with Gasteiger partial charge in [-0.2, -0.15) is 5.10 Å². The number of aromatic amines is 1. The maximum Gasteiger partial charge on any atom is 0.253 e. The number of H-pyrrole nitrogens is 1. The van der Waals surface area contributed by atoms with E-state index >= 15 is 0 Å². The van der Waals surface area contributed by atoms with Gasteiger partial charge in [0.2, 0.25) is 0 Å². The van der Waals surface area contributed by atoms with E-state index in [1.807, 2.05) is 6.07 Å². The van der Waals surface area contributed by atoms with Crippen LogP contribution in [0.25, 0.3) is 10.9 Å². The predicted molar refractivity (Wildman–Crippen MR) is 84.4 cm³/mol. The van der Waals surface area contributed by atoms with E-state index in [0.717, 1.165) is 5.39 Å². The second-order valence-corrected chi connectivity index (χ2v) is 5.60. The Labute approximate surface area is 132 Å². The average Bonchev–Trinajstić information content (AvgIpc) is 3.01. The van der Waals surface area contributed by atoms with Crippen LogP contribution in [-0.2, 0) is 5.60 Å². The molecule has 1 aromatic heterocycles. The molecule has 0 spiro atoms. The van der Waals surface area contributed by atoms with Crippen molar-refractivity contribution < 1.29 is 14.3 Å². The smallest absolute Gasteiger partial charge is 0.253 e. The zero-order valence-electron chi connectivity index (χ0n) is 12.5. The minimum Gasteiger partial charge on any atom is -0.384 e. The Hall–Kier alpha value is -2.73. The van der Waals surface area contributed by atoms with E-state index in [2.05, 4.69) is 15.5 Å². The van der Waals surface area contributed by atoms with E-state index in [-0.39, 0.29) is 18.3 Å². The minimum absolute atomic E-state index is 0.00197. The van der Waals surface area contributed by atoms with Crippen LogP contribution in [0.5, 0.6) is 0 Å². The van der Waals surface area contributed by atoms with E-state index in [4.69, 9.17) is 0 Å². The molecule has 0 bridgehead atoms. The fourth-order valence-electron chi connectivity index (χ4n) is 2.42. The van der Waals surface area contributed by atoms with Crippen LogP contribution in [0, 0.1) is 5.82 Å². The number of nitrogens with one attached hydrogen (secondary N) is 2. The van der Waals surface area contributed by atoms with Crippen molar-refractivity contribution in [2.75, 3.05) is 6.54 Å². The van der Waals surface area contributed by atoms with Gasteiger partial charge in [-0.15, -0.1) is 0 Å². The van der Waals surface area contributed by atoms with Crippen molar-refractivity contribution in [1.29, 1.82) is 0 Å². The van der Waals surface area contributed by atoms with Gasteiger partial charge in [-0.1, -0.05) is 24.3 Å². The van der Waals surface area contributed by atoms with Gasteiger partial charge in [0.05, 0.1) is 23.8 Å². The number of hydrogen-bond acceptors (Lipinski definition) is 3. The molecule has 6 heteroatoms. The van der Waals surface area contributed by atoms with Gasteiger partial charge in [-0.3, -0.25) is 9.89 Å². The molecular formula is C17H16FN3O2. The van der Waals surface area contributed by atoms with E-state index in [1.165, 1.54) is 24.3 Å². The lowest BCUT2D eigenvalue weighted by Gasteiger charge is -2.24. The number of aromatic nitrogens is 2. The molecule has 23 heavy (non-hydrogen) atoms. The lowest BCUT2D eigenvalue weighted by Crippen LogP contribution is -2.38. The molecule has 118 valence electrons. The van der Waals surface area contributed by atoms with Crippen molar-refractivity contribution in [1.82, 2.24) is 15.5 Å². The van der Waals surface area contributed by atoms with E-state index in [9.17, 15) is 14.3 Å². The SMILES string of the molecule is CC(O)(CNC(=O)c1cccc2cn[nH]c12)c1ccc(F)cc1. The summed E-state index contributed by atoms with van der Waals surface area (Å²) < 4.78 is 13.0. The summed E-state index contributed by atoms with van der Waals surface area (Å²) in [7, 11) is 0. The fourth-order valence-corrected chi connectivity index (χ4v) is 2.42. The van der Waals surface area contributed by atoms with Gasteiger partial charge < -0.3 is 10.4 Å². The Morgan fingerprint density at radius 1 is 1.30 bits per heavy atom. The zero-order valence-corrected chi connectivity index (χ0v) is 12.5. The average molecular weight is 313 g/mol. The van der Waals surface area contributed by atoms with E-state index in [1.54, 1.807) is 25.3 Å². The standard InChI is InChI=1S/C17H16FN3O2/c1-17(23,12-5-7-13(18)8-6-12)10-19-16(22)14-4-2-3-11-9-20-21-15(11)14/h2-9,23H,10H2,1H3,(H,19,22)(H,20,21). The summed E-state index contributed by atoms with van der Waals surface area (Å²) in [5.74, 6) is -0.693. The summed E-state index contributed by atoms with van der Waals surface area (Å²) in [6.45, 7) is 1.57. The number of fused-ring (bicyclic) bond motifs is 1. The maximum absolute atomic E-state index is 13.0. The Bertz CT molecular complexity index is 840. The number of benzene rings is 2. The van der Waals surface area contributed by atoms with Gasteiger partial charge >= 0.3 is 0 Å². The van der Waals surface area contributed by atoms with Gasteiger partial charge in [0.25, 0.3) is 5.91 Å². The number of hydrogen-bond donors (Lipinski definition) is 3. The van der Waals surface area contributed by atoms with Crippen LogP contribution >= 0.6 is 0 Å². The topological polar surface area (TPSA) is 78.0 Å². The number of amides is 1. The molecule has 1 amide bonds. The van der Waals surface area contributed by atoms with Crippen molar-refractivity contribution in [3.63, 3.8) is 0 Å². The van der Waals surface area contributed by atoms with Crippen LogP contribution in [0.1, 0.15) is 22.8 Å². The normalized spacial score (nSPS) is 13.7. The first-order valence-electron chi connectivity index (χ1n) is 7.16. The largest absolute Gasteiger partial charge is 0.384 e. The Morgan fingerprint density at radius 3 is 2.78 bits per heavy atom. The molecule has 0 aliphatic carbocycles. The molecule has 0 saturated heterocycles. The van der Waals surface area contributed by atoms with Crippen LogP contribution in [0.2, 0.25) is 0 Å². The first kappa shape index (κ1) is 15.2. The molecule has 0 aliphatic heterocycles. The van der Waals surface area contributed by atoms with Crippen LogP contribution in [0.15, 0.2) is 48.7 Å². The van der Waals surface area contributed by atoms with E-state index < -0.39 is 5.60 Å². The van der Waals surface area contributed by atoms with Gasteiger partial charge in [-0.05, 0) is 30.7 Å². The second kappa shape index (κ2) is 5.81. The predicted octanol–water partition coefficient (Wildman–Crippen LogP) is 2.34.